The van der Waals surface area contributed by atoms with E-state index >= 15 is 0 Å². The smallest absolute Gasteiger partial charge is 0.419 e. The molecule has 2 heterocycles. The Morgan fingerprint density at radius 1 is 1.24 bits per heavy atom. The molecule has 0 N–H and O–H groups in total. The summed E-state index contributed by atoms with van der Waals surface area (Å²) in [6.45, 7) is 1.07. The van der Waals surface area contributed by atoms with Crippen molar-refractivity contribution in [2.75, 3.05) is 18.5 Å². The molecule has 1 aromatic heterocycles. The molecule has 134 valence electrons. The molecule has 0 saturated heterocycles. The Balaban J connectivity index is 1.82. The minimum atomic E-state index is -4.79. The van der Waals surface area contributed by atoms with Crippen molar-refractivity contribution in [3.05, 3.63) is 51.7 Å². The second kappa shape index (κ2) is 6.38. The maximum Gasteiger partial charge on any atom is 0.419 e. The van der Waals surface area contributed by atoms with Gasteiger partial charge in [-0.25, -0.2) is 9.18 Å². The first-order valence-electron chi connectivity index (χ1n) is 7.57. The topological polar surface area (TPSA) is 47.4 Å². The first-order chi connectivity index (χ1) is 11.8. The van der Waals surface area contributed by atoms with E-state index in [1.54, 1.807) is 6.07 Å². The van der Waals surface area contributed by atoms with Crippen LogP contribution in [0, 0.1) is 5.82 Å². The van der Waals surface area contributed by atoms with Gasteiger partial charge in [-0.2, -0.15) is 18.2 Å². The summed E-state index contributed by atoms with van der Waals surface area (Å²) in [5, 5.41) is 0. The minimum absolute atomic E-state index is 0.0166. The van der Waals surface area contributed by atoms with E-state index in [1.165, 1.54) is 10.6 Å². The van der Waals surface area contributed by atoms with E-state index in [9.17, 15) is 22.4 Å². The van der Waals surface area contributed by atoms with Gasteiger partial charge in [0.05, 0.1) is 5.56 Å². The number of benzene rings is 1. The predicted octanol–water partition coefficient (Wildman–Crippen LogP) is 2.82. The van der Waals surface area contributed by atoms with Gasteiger partial charge >= 0.3 is 11.9 Å². The summed E-state index contributed by atoms with van der Waals surface area (Å²) < 4.78 is 58.4. The number of aromatic nitrogens is 2. The van der Waals surface area contributed by atoms with Crippen molar-refractivity contribution in [2.24, 2.45) is 0 Å². The number of fused-ring (bicyclic) bond motifs is 1. The molecule has 0 aliphatic carbocycles. The van der Waals surface area contributed by atoms with Crippen molar-refractivity contribution in [2.45, 2.75) is 25.7 Å². The highest BCUT2D eigenvalue weighted by Gasteiger charge is 2.34. The zero-order chi connectivity index (χ0) is 18.2. The van der Waals surface area contributed by atoms with Gasteiger partial charge in [0.2, 0.25) is 5.88 Å². The third kappa shape index (κ3) is 3.59. The molecule has 9 heteroatoms. The molecule has 0 saturated carbocycles. The zero-order valence-electron chi connectivity index (χ0n) is 13.3. The van der Waals surface area contributed by atoms with Crippen molar-refractivity contribution < 1.29 is 22.3 Å². The van der Waals surface area contributed by atoms with Crippen LogP contribution in [0.2, 0.25) is 0 Å². The van der Waals surface area contributed by atoms with Crippen LogP contribution < -0.4 is 15.3 Å². The lowest BCUT2D eigenvalue weighted by atomic mass is 10.1. The van der Waals surface area contributed by atoms with E-state index in [1.807, 2.05) is 11.9 Å². The molecular formula is C16H15F4N3O2. The van der Waals surface area contributed by atoms with Gasteiger partial charge in [-0.05, 0) is 24.1 Å². The minimum Gasteiger partial charge on any atom is -0.473 e. The third-order valence-corrected chi connectivity index (χ3v) is 3.96. The van der Waals surface area contributed by atoms with Gasteiger partial charge < -0.3 is 9.64 Å². The van der Waals surface area contributed by atoms with Crippen molar-refractivity contribution in [1.82, 2.24) is 9.55 Å². The average molecular weight is 357 g/mol. The molecule has 25 heavy (non-hydrogen) atoms. The number of ether oxygens (including phenoxy) is 1. The van der Waals surface area contributed by atoms with Crippen LogP contribution in [0.1, 0.15) is 17.5 Å². The van der Waals surface area contributed by atoms with Gasteiger partial charge in [-0.1, -0.05) is 6.07 Å². The van der Waals surface area contributed by atoms with E-state index < -0.39 is 23.2 Å². The van der Waals surface area contributed by atoms with Gasteiger partial charge in [-0.3, -0.25) is 4.57 Å². The fourth-order valence-electron chi connectivity index (χ4n) is 2.69. The van der Waals surface area contributed by atoms with Crippen LogP contribution in [-0.4, -0.2) is 23.1 Å². The van der Waals surface area contributed by atoms with Crippen LogP contribution in [0.4, 0.5) is 23.4 Å². The highest BCUT2D eigenvalue weighted by atomic mass is 19.4. The summed E-state index contributed by atoms with van der Waals surface area (Å²) in [5.41, 5.74) is -1.71. The van der Waals surface area contributed by atoms with Crippen molar-refractivity contribution in [3.63, 3.8) is 0 Å². The van der Waals surface area contributed by atoms with Gasteiger partial charge in [0.25, 0.3) is 0 Å². The third-order valence-electron chi connectivity index (χ3n) is 3.96. The summed E-state index contributed by atoms with van der Waals surface area (Å²) in [5.74, 6) is -0.692. The van der Waals surface area contributed by atoms with Crippen molar-refractivity contribution >= 4 is 5.82 Å². The lowest BCUT2D eigenvalue weighted by Gasteiger charge is -2.28. The lowest BCUT2D eigenvalue weighted by molar-refractivity contribution is -0.140. The van der Waals surface area contributed by atoms with Crippen molar-refractivity contribution in [1.29, 1.82) is 0 Å². The van der Waals surface area contributed by atoms with E-state index in [-0.39, 0.29) is 18.1 Å². The second-order valence-electron chi connectivity index (χ2n) is 5.76. The fourth-order valence-corrected chi connectivity index (χ4v) is 2.69. The summed E-state index contributed by atoms with van der Waals surface area (Å²) in [4.78, 5) is 17.7. The standard InChI is InChI=1S/C16H15F4N3O2/c1-22-5-2-6-23-14(22)8-13(21-15(23)24)25-9-10-3-4-12(17)11(7-10)16(18,19)20/h3-4,7-8H,2,5-6,9H2,1H3. The molecule has 1 aromatic carbocycles. The lowest BCUT2D eigenvalue weighted by Crippen LogP contribution is -2.36. The molecule has 0 unspecified atom stereocenters. The van der Waals surface area contributed by atoms with Gasteiger partial charge in [0.15, 0.2) is 0 Å². The Morgan fingerprint density at radius 2 is 2.00 bits per heavy atom. The largest absolute Gasteiger partial charge is 0.473 e. The van der Waals surface area contributed by atoms with E-state index in [0.29, 0.717) is 18.4 Å². The molecule has 0 spiro atoms. The molecule has 0 radical (unpaired) electrons. The molecule has 1 aliphatic heterocycles. The van der Waals surface area contributed by atoms with E-state index in [4.69, 9.17) is 4.74 Å². The summed E-state index contributed by atoms with van der Waals surface area (Å²) in [7, 11) is 1.82. The van der Waals surface area contributed by atoms with E-state index in [2.05, 4.69) is 4.98 Å². The maximum atomic E-state index is 13.3. The molecule has 2 aromatic rings. The number of nitrogens with zero attached hydrogens (tertiary/aromatic N) is 3. The van der Waals surface area contributed by atoms with Crippen LogP contribution in [-0.2, 0) is 19.3 Å². The molecule has 0 bridgehead atoms. The van der Waals surface area contributed by atoms with Crippen LogP contribution in [0.5, 0.6) is 5.88 Å². The van der Waals surface area contributed by atoms with Crippen LogP contribution in [0.15, 0.2) is 29.1 Å². The number of alkyl halides is 3. The molecular weight excluding hydrogens is 342 g/mol. The van der Waals surface area contributed by atoms with Crippen LogP contribution >= 0.6 is 0 Å². The van der Waals surface area contributed by atoms with Crippen LogP contribution in [0.3, 0.4) is 0 Å². The first-order valence-corrected chi connectivity index (χ1v) is 7.57. The normalized spacial score (nSPS) is 14.4. The monoisotopic (exact) mass is 357 g/mol. The Labute approximate surface area is 140 Å². The van der Waals surface area contributed by atoms with Gasteiger partial charge in [0.1, 0.15) is 18.2 Å². The molecule has 0 atom stereocenters. The number of anilines is 1. The SMILES string of the molecule is CN1CCCn2c1cc(OCc1ccc(F)c(C(F)(F)F)c1)nc2=O. The Hall–Kier alpha value is -2.58. The molecule has 5 nitrogen and oxygen atoms in total. The Bertz CT molecular complexity index is 848. The molecule has 1 aliphatic rings. The molecule has 0 fully saturated rings. The van der Waals surface area contributed by atoms with Crippen molar-refractivity contribution in [3.8, 4) is 5.88 Å². The predicted molar refractivity (Wildman–Crippen MR) is 82.1 cm³/mol. The average Bonchev–Trinajstić information content (AvgIpc) is 2.54. The maximum absolute atomic E-state index is 13.3. The summed E-state index contributed by atoms with van der Waals surface area (Å²) in [6, 6.07) is 4.19. The Kier molecular flexibility index (Phi) is 4.40. The quantitative estimate of drug-likeness (QED) is 0.793. The number of halogens is 4. The highest BCUT2D eigenvalue weighted by molar-refractivity contribution is 5.42. The molecule has 0 amide bonds. The summed E-state index contributed by atoms with van der Waals surface area (Å²) >= 11 is 0. The zero-order valence-corrected chi connectivity index (χ0v) is 13.3. The number of rotatable bonds is 3. The van der Waals surface area contributed by atoms with Gasteiger partial charge in [-0.15, -0.1) is 0 Å². The number of hydrogen-bond donors (Lipinski definition) is 0. The van der Waals surface area contributed by atoms with E-state index in [0.717, 1.165) is 19.0 Å². The first kappa shape index (κ1) is 17.2. The van der Waals surface area contributed by atoms with Gasteiger partial charge in [0, 0.05) is 26.2 Å². The van der Waals surface area contributed by atoms with Crippen LogP contribution in [0.25, 0.3) is 0 Å². The fraction of sp³-hybridized carbons (Fsp3) is 0.375. The second-order valence-corrected chi connectivity index (χ2v) is 5.76. The Morgan fingerprint density at radius 3 is 2.72 bits per heavy atom. The summed E-state index contributed by atoms with van der Waals surface area (Å²) in [6.07, 6.45) is -3.97. The highest BCUT2D eigenvalue weighted by Crippen LogP contribution is 2.32. The number of hydrogen-bond acceptors (Lipinski definition) is 4. The molecule has 3 rings (SSSR count).